The summed E-state index contributed by atoms with van der Waals surface area (Å²) in [5.74, 6) is 10.3. The number of rotatable bonds is 25. The Kier molecular flexibility index (Phi) is 36.0. The summed E-state index contributed by atoms with van der Waals surface area (Å²) in [5, 5.41) is 17.5. The number of piperidine rings is 3. The molecule has 21 rings (SSSR count). The van der Waals surface area contributed by atoms with Crippen molar-refractivity contribution < 1.29 is 32.8 Å². The van der Waals surface area contributed by atoms with Crippen LogP contribution < -0.4 is 65.7 Å². The zero-order valence-electron chi connectivity index (χ0n) is 80.0. The van der Waals surface area contributed by atoms with Crippen molar-refractivity contribution in [3.63, 3.8) is 0 Å². The summed E-state index contributed by atoms with van der Waals surface area (Å²) in [4.78, 5) is 84.4. The van der Waals surface area contributed by atoms with Gasteiger partial charge in [-0.05, 0) is 129 Å². The molecule has 36 nitrogen and oxygen atoms in total. The molecule has 0 spiro atoms. The molecular formula is C102H126ClFN30O6. The van der Waals surface area contributed by atoms with Crippen LogP contribution in [0.5, 0.6) is 0 Å². The maximum Gasteiger partial charge on any atom is 0.250 e. The van der Waals surface area contributed by atoms with Gasteiger partial charge in [0.25, 0.3) is 0 Å². The van der Waals surface area contributed by atoms with Gasteiger partial charge in [-0.2, -0.15) is 80.1 Å². The zero-order chi connectivity index (χ0) is 95.5. The standard InChI is InChI=1S/C22H22N8O.C21H29N5O.C20H26N6O2.C20H26N6O.C19H23ClFN5O/c1-2-6-17(7-3-1)25-20-26-21(28-22(27-20)30-10-12-31-13-11-30)29-24-15-16-14-23-19-9-5-4-8-18(16)19;1-2-17-6-8-18(9-7-17)16-19-22-20(25-10-4-3-5-11-25)24-21(23-19)26-12-14-27-15-13-26;1-16-3-2-4-17(13-16)15-21-24-18-14-19(25-5-9-27-10-6-25)23-20(22-18)26-7-11-28-12-8-26;1-3-7-17(8-4-1)16-21-24-18-15-19(25-9-5-2-6-10-25)23-20(22-18)26-11-13-27-14-12-26;20-15-12-14(4-5-16(15)21)13-17-22-18(25-6-2-1-3-7-25)24-19(23-17)26-8-10-27-11-9-26/h1-9,14-15,23H,10-13H2,(H2,25,26,27,28,29);6-9H,2-5,10-16H2,1H3;2-4,13-15H,5-12H2,1H3,(H,22,23,24);1,3-4,7-8,15-16H,2,5-6,9-14H2,(H,22,23,24);4-5,12H,1-3,6-11,13H2/b;;21-15+;21-16+;. The summed E-state index contributed by atoms with van der Waals surface area (Å²) in [6.07, 6.45) is 20.6. The van der Waals surface area contributed by atoms with E-state index in [1.165, 1.54) is 67.7 Å². The third kappa shape index (κ3) is 29.1. The number of fused-ring (bicyclic) bond motifs is 1. The third-order valence-electron chi connectivity index (χ3n) is 24.9. The number of ether oxygens (including phenoxy) is 6. The summed E-state index contributed by atoms with van der Waals surface area (Å²) in [5.41, 5.74) is 18.8. The van der Waals surface area contributed by atoms with E-state index in [1.54, 1.807) is 30.8 Å². The molecule has 0 radical (unpaired) electrons. The Morgan fingerprint density at radius 3 is 1.23 bits per heavy atom. The van der Waals surface area contributed by atoms with Crippen LogP contribution in [0.1, 0.15) is 115 Å². The number of H-pyrrole nitrogens is 1. The van der Waals surface area contributed by atoms with E-state index in [0.717, 1.165) is 243 Å². The molecule has 0 atom stereocenters. The predicted octanol–water partition coefficient (Wildman–Crippen LogP) is 14.0. The lowest BCUT2D eigenvalue weighted by Crippen LogP contribution is -2.39. The molecule has 0 bridgehead atoms. The Morgan fingerprint density at radius 1 is 0.350 bits per heavy atom. The lowest BCUT2D eigenvalue weighted by Gasteiger charge is -2.31. The van der Waals surface area contributed by atoms with E-state index in [2.05, 4.69) is 167 Å². The Labute approximate surface area is 822 Å². The van der Waals surface area contributed by atoms with Crippen molar-refractivity contribution in [1.82, 2.24) is 69.8 Å². The number of morpholine rings is 6. The maximum atomic E-state index is 13.5. The number of benzene rings is 6. The molecule has 734 valence electrons. The van der Waals surface area contributed by atoms with Crippen molar-refractivity contribution in [2.45, 2.75) is 90.9 Å². The number of anilines is 14. The first-order valence-corrected chi connectivity index (χ1v) is 49.5. The van der Waals surface area contributed by atoms with Crippen molar-refractivity contribution in [2.75, 3.05) is 263 Å². The number of aryl methyl sites for hydroxylation is 2. The molecule has 9 saturated heterocycles. The van der Waals surface area contributed by atoms with Gasteiger partial charge in [-0.15, -0.1) is 0 Å². The van der Waals surface area contributed by atoms with E-state index >= 15 is 0 Å². The van der Waals surface area contributed by atoms with Gasteiger partial charge in [-0.3, -0.25) is 10.9 Å². The minimum atomic E-state index is -0.418. The minimum Gasteiger partial charge on any atom is -0.378 e. The summed E-state index contributed by atoms with van der Waals surface area (Å²) in [6, 6.07) is 53.6. The van der Waals surface area contributed by atoms with Crippen molar-refractivity contribution in [3.05, 3.63) is 231 Å². The van der Waals surface area contributed by atoms with Gasteiger partial charge in [0.05, 0.1) is 103 Å². The molecule has 12 aromatic rings. The van der Waals surface area contributed by atoms with Crippen LogP contribution in [0.4, 0.5) is 86.9 Å². The largest absolute Gasteiger partial charge is 0.378 e. The zero-order valence-corrected chi connectivity index (χ0v) is 80.7. The average Bonchev–Trinajstić information content (AvgIpc) is 1.00. The smallest absolute Gasteiger partial charge is 0.250 e. The molecule has 0 amide bonds. The molecule has 9 aliphatic heterocycles. The Balaban J connectivity index is 0.000000121. The number of nitrogens with zero attached hydrogens (tertiary/aromatic N) is 25. The van der Waals surface area contributed by atoms with Gasteiger partial charge in [0.2, 0.25) is 53.5 Å². The fourth-order valence-electron chi connectivity index (χ4n) is 17.2. The molecule has 0 unspecified atom stereocenters. The molecule has 15 heterocycles. The number of halogens is 2. The first-order valence-electron chi connectivity index (χ1n) is 49.2. The summed E-state index contributed by atoms with van der Waals surface area (Å²) >= 11 is 5.93. The van der Waals surface area contributed by atoms with Crippen LogP contribution >= 0.6 is 11.6 Å². The number of hydrogen-bond acceptors (Lipinski definition) is 35. The van der Waals surface area contributed by atoms with Crippen LogP contribution in [0.15, 0.2) is 185 Å². The molecule has 0 saturated carbocycles. The van der Waals surface area contributed by atoms with E-state index in [4.69, 9.17) is 79.9 Å². The van der Waals surface area contributed by atoms with Crippen molar-refractivity contribution >= 4 is 124 Å². The second-order valence-electron chi connectivity index (χ2n) is 35.0. The molecule has 5 N–H and O–H groups in total. The highest BCUT2D eigenvalue weighted by Gasteiger charge is 2.28. The lowest BCUT2D eigenvalue weighted by atomic mass is 10.1. The number of nitrogens with one attached hydrogen (secondary N) is 5. The summed E-state index contributed by atoms with van der Waals surface area (Å²) < 4.78 is 46.2. The van der Waals surface area contributed by atoms with Crippen LogP contribution in [0.25, 0.3) is 10.9 Å². The molecule has 38 heteroatoms. The van der Waals surface area contributed by atoms with Crippen molar-refractivity contribution in [2.24, 2.45) is 15.3 Å². The second kappa shape index (κ2) is 51.4. The Bertz CT molecular complexity index is 5800. The minimum absolute atomic E-state index is 0.117. The van der Waals surface area contributed by atoms with Gasteiger partial charge >= 0.3 is 0 Å². The molecule has 9 aliphatic rings. The fourth-order valence-corrected chi connectivity index (χ4v) is 17.4. The highest BCUT2D eigenvalue weighted by molar-refractivity contribution is 6.30. The maximum absolute atomic E-state index is 13.5. The van der Waals surface area contributed by atoms with E-state index < -0.39 is 5.82 Å². The lowest BCUT2D eigenvalue weighted by molar-refractivity contribution is 0.121. The van der Waals surface area contributed by atoms with Crippen LogP contribution in [0.3, 0.4) is 0 Å². The predicted molar refractivity (Wildman–Crippen MR) is 552 cm³/mol. The Hall–Kier alpha value is -13.6. The number of aromatic amines is 1. The van der Waals surface area contributed by atoms with E-state index in [0.29, 0.717) is 114 Å². The van der Waals surface area contributed by atoms with Gasteiger partial charge in [0.1, 0.15) is 29.1 Å². The highest BCUT2D eigenvalue weighted by Crippen LogP contribution is 2.31. The van der Waals surface area contributed by atoms with Gasteiger partial charge in [0, 0.05) is 171 Å². The average molecular weight is 1920 g/mol. The number of hydrazone groups is 3. The van der Waals surface area contributed by atoms with Gasteiger partial charge < -0.3 is 82.8 Å². The van der Waals surface area contributed by atoms with Gasteiger partial charge in [-0.1, -0.05) is 145 Å². The van der Waals surface area contributed by atoms with Crippen LogP contribution in [0, 0.1) is 12.7 Å². The SMILES string of the molecule is C(=NNc1nc(Nc2ccccc2)nc(N2CCOCC2)n1)c1c[nH]c2ccccc12.C(=N\Nc1cc(N2CCCCC2)nc(N2CCOCC2)n1)/c1ccccc1.CCc1ccc(Cc2nc(N3CCCCC3)nc(N3CCOCC3)n2)cc1.Cc1cccc(/C=N/Nc2cc(N3CCOCC3)nc(N3CCOCC3)n2)c1.Fc1ccc(Cc2nc(N3CCCCC3)nc(N3CCOCC3)n2)cc1Cl. The van der Waals surface area contributed by atoms with Crippen LogP contribution in [0.2, 0.25) is 5.02 Å². The second-order valence-corrected chi connectivity index (χ2v) is 35.4. The van der Waals surface area contributed by atoms with Crippen LogP contribution in [-0.4, -0.2) is 286 Å². The van der Waals surface area contributed by atoms with E-state index in [9.17, 15) is 4.39 Å². The number of aromatic nitrogens is 14. The normalized spacial score (nSPS) is 17.2. The number of para-hydroxylation sites is 2. The molecule has 6 aromatic carbocycles. The highest BCUT2D eigenvalue weighted by atomic mass is 35.5. The van der Waals surface area contributed by atoms with E-state index in [1.807, 2.05) is 109 Å². The molecule has 6 aromatic heterocycles. The molecule has 9 fully saturated rings. The van der Waals surface area contributed by atoms with Gasteiger partial charge in [0.15, 0.2) is 11.6 Å². The number of hydrogen-bond donors (Lipinski definition) is 5. The van der Waals surface area contributed by atoms with Crippen molar-refractivity contribution in [1.29, 1.82) is 0 Å². The summed E-state index contributed by atoms with van der Waals surface area (Å²) in [7, 11) is 0. The summed E-state index contributed by atoms with van der Waals surface area (Å²) in [6.45, 7) is 28.3. The van der Waals surface area contributed by atoms with Gasteiger partial charge in [-0.25, -0.2) is 9.82 Å². The Morgan fingerprint density at radius 2 is 0.743 bits per heavy atom. The first-order chi connectivity index (χ1) is 69.0. The topological polar surface area (TPSA) is 353 Å². The van der Waals surface area contributed by atoms with E-state index in [-0.39, 0.29) is 5.02 Å². The first kappa shape index (κ1) is 98.1. The van der Waals surface area contributed by atoms with Crippen LogP contribution in [-0.2, 0) is 47.7 Å². The quantitative estimate of drug-likeness (QED) is 0.0262. The van der Waals surface area contributed by atoms with Crippen molar-refractivity contribution in [3.8, 4) is 0 Å². The molecular weight excluding hydrogens is 1800 g/mol. The monoisotopic (exact) mass is 1920 g/mol. The fraction of sp³-hybridized carbons (Fsp3) is 0.431. The third-order valence-corrected chi connectivity index (χ3v) is 25.2. The molecule has 140 heavy (non-hydrogen) atoms. The molecule has 0 aliphatic carbocycles.